The fraction of sp³-hybridized carbons (Fsp3) is 0.643. The van der Waals surface area contributed by atoms with Gasteiger partial charge in [-0.25, -0.2) is 0 Å². The number of aromatic nitrogens is 1. The Balaban J connectivity index is 1.99. The van der Waals surface area contributed by atoms with E-state index in [4.69, 9.17) is 0 Å². The number of piperidine rings is 1. The van der Waals surface area contributed by atoms with E-state index in [1.165, 1.54) is 0 Å². The van der Waals surface area contributed by atoms with Crippen LogP contribution in [0.4, 0.5) is 0 Å². The SMILES string of the molecule is CCN(CCc1ccncc1)S(=O)(=O)N1CCCCC1. The molecule has 1 aliphatic rings. The van der Waals surface area contributed by atoms with Crippen LogP contribution < -0.4 is 0 Å². The van der Waals surface area contributed by atoms with Crippen LogP contribution in [0, 0.1) is 0 Å². The third-order valence-corrected chi connectivity index (χ3v) is 5.83. The van der Waals surface area contributed by atoms with Crippen molar-refractivity contribution < 1.29 is 8.42 Å². The average molecular weight is 297 g/mol. The third-order valence-electron chi connectivity index (χ3n) is 3.72. The largest absolute Gasteiger partial charge is 0.281 e. The van der Waals surface area contributed by atoms with Crippen LogP contribution in [0.1, 0.15) is 31.7 Å². The second-order valence-electron chi connectivity index (χ2n) is 5.06. The first kappa shape index (κ1) is 15.4. The maximum atomic E-state index is 12.6. The summed E-state index contributed by atoms with van der Waals surface area (Å²) < 4.78 is 28.4. The molecule has 0 amide bonds. The van der Waals surface area contributed by atoms with Crippen molar-refractivity contribution >= 4 is 10.2 Å². The van der Waals surface area contributed by atoms with Gasteiger partial charge in [0, 0.05) is 38.6 Å². The Hall–Kier alpha value is -0.980. The summed E-state index contributed by atoms with van der Waals surface area (Å²) in [6.45, 7) is 4.26. The van der Waals surface area contributed by atoms with Crippen LogP contribution in [0.25, 0.3) is 0 Å². The lowest BCUT2D eigenvalue weighted by Crippen LogP contribution is -2.46. The molecule has 0 bridgehead atoms. The lowest BCUT2D eigenvalue weighted by atomic mass is 10.2. The molecule has 1 saturated heterocycles. The fourth-order valence-electron chi connectivity index (χ4n) is 2.50. The summed E-state index contributed by atoms with van der Waals surface area (Å²) in [5, 5.41) is 0. The van der Waals surface area contributed by atoms with Crippen LogP contribution in [0.3, 0.4) is 0 Å². The molecule has 0 atom stereocenters. The van der Waals surface area contributed by atoms with Crippen molar-refractivity contribution in [1.29, 1.82) is 0 Å². The smallest absolute Gasteiger partial charge is 0.265 e. The molecule has 1 aromatic rings. The molecule has 0 unspecified atom stereocenters. The Morgan fingerprint density at radius 2 is 1.85 bits per heavy atom. The summed E-state index contributed by atoms with van der Waals surface area (Å²) >= 11 is 0. The summed E-state index contributed by atoms with van der Waals surface area (Å²) in [7, 11) is -3.29. The second kappa shape index (κ2) is 7.15. The third kappa shape index (κ3) is 3.77. The fourth-order valence-corrected chi connectivity index (χ4v) is 4.19. The van der Waals surface area contributed by atoms with Gasteiger partial charge in [0.05, 0.1) is 0 Å². The Morgan fingerprint density at radius 1 is 1.20 bits per heavy atom. The minimum absolute atomic E-state index is 0.518. The highest BCUT2D eigenvalue weighted by atomic mass is 32.2. The highest BCUT2D eigenvalue weighted by molar-refractivity contribution is 7.86. The van der Waals surface area contributed by atoms with Gasteiger partial charge in [0.15, 0.2) is 0 Å². The molecule has 6 heteroatoms. The van der Waals surface area contributed by atoms with Crippen molar-refractivity contribution in [3.8, 4) is 0 Å². The minimum Gasteiger partial charge on any atom is -0.265 e. The molecule has 0 aromatic carbocycles. The summed E-state index contributed by atoms with van der Waals surface area (Å²) in [5.41, 5.74) is 1.12. The highest BCUT2D eigenvalue weighted by Gasteiger charge is 2.29. The highest BCUT2D eigenvalue weighted by Crippen LogP contribution is 2.16. The van der Waals surface area contributed by atoms with Crippen molar-refractivity contribution in [3.05, 3.63) is 30.1 Å². The van der Waals surface area contributed by atoms with Gasteiger partial charge in [-0.3, -0.25) is 4.98 Å². The Morgan fingerprint density at radius 3 is 2.45 bits per heavy atom. The van der Waals surface area contributed by atoms with Crippen LogP contribution in [0.15, 0.2) is 24.5 Å². The molecule has 0 spiro atoms. The van der Waals surface area contributed by atoms with Crippen LogP contribution in [-0.2, 0) is 16.6 Å². The molecular formula is C14H23N3O2S. The van der Waals surface area contributed by atoms with Crippen molar-refractivity contribution in [2.75, 3.05) is 26.2 Å². The molecule has 1 aliphatic heterocycles. The van der Waals surface area contributed by atoms with Gasteiger partial charge in [0.1, 0.15) is 0 Å². The number of hydrogen-bond acceptors (Lipinski definition) is 3. The first-order valence-electron chi connectivity index (χ1n) is 7.28. The monoisotopic (exact) mass is 297 g/mol. The molecule has 2 rings (SSSR count). The molecule has 1 aromatic heterocycles. The van der Waals surface area contributed by atoms with Gasteiger partial charge in [0.25, 0.3) is 10.2 Å². The zero-order valence-electron chi connectivity index (χ0n) is 12.0. The van der Waals surface area contributed by atoms with Gasteiger partial charge in [-0.1, -0.05) is 13.3 Å². The average Bonchev–Trinajstić information content (AvgIpc) is 2.49. The van der Waals surface area contributed by atoms with Crippen LogP contribution in [-0.4, -0.2) is 48.2 Å². The van der Waals surface area contributed by atoms with E-state index in [1.54, 1.807) is 21.0 Å². The van der Waals surface area contributed by atoms with Crippen LogP contribution in [0.2, 0.25) is 0 Å². The summed E-state index contributed by atoms with van der Waals surface area (Å²) in [6.07, 6.45) is 7.29. The summed E-state index contributed by atoms with van der Waals surface area (Å²) in [4.78, 5) is 3.97. The Labute approximate surface area is 121 Å². The van der Waals surface area contributed by atoms with E-state index in [2.05, 4.69) is 4.98 Å². The predicted molar refractivity (Wildman–Crippen MR) is 79.5 cm³/mol. The molecule has 0 aliphatic carbocycles. The minimum atomic E-state index is -3.29. The number of rotatable bonds is 6. The van der Waals surface area contributed by atoms with E-state index >= 15 is 0 Å². The summed E-state index contributed by atoms with van der Waals surface area (Å²) in [5.74, 6) is 0. The molecule has 0 radical (unpaired) electrons. The maximum absolute atomic E-state index is 12.6. The first-order valence-corrected chi connectivity index (χ1v) is 8.68. The van der Waals surface area contributed by atoms with Crippen LogP contribution >= 0.6 is 0 Å². The van der Waals surface area contributed by atoms with E-state index in [-0.39, 0.29) is 0 Å². The lowest BCUT2D eigenvalue weighted by molar-refractivity contribution is 0.306. The zero-order chi connectivity index (χ0) is 14.4. The van der Waals surface area contributed by atoms with E-state index in [0.717, 1.165) is 31.2 Å². The lowest BCUT2D eigenvalue weighted by Gasteiger charge is -2.31. The second-order valence-corrected chi connectivity index (χ2v) is 6.99. The molecule has 5 nitrogen and oxygen atoms in total. The molecule has 20 heavy (non-hydrogen) atoms. The standard InChI is InChI=1S/C14H23N3O2S/c1-2-16(13-8-14-6-9-15-10-7-14)20(18,19)17-11-4-3-5-12-17/h6-7,9-10H,2-5,8,11-13H2,1H3. The van der Waals surface area contributed by atoms with E-state index in [9.17, 15) is 8.42 Å². The van der Waals surface area contributed by atoms with Gasteiger partial charge in [0.2, 0.25) is 0 Å². The quantitative estimate of drug-likeness (QED) is 0.802. The van der Waals surface area contributed by atoms with Gasteiger partial charge >= 0.3 is 0 Å². The van der Waals surface area contributed by atoms with Gasteiger partial charge in [-0.2, -0.15) is 17.0 Å². The summed E-state index contributed by atoms with van der Waals surface area (Å²) in [6, 6.07) is 3.86. The first-order chi connectivity index (χ1) is 9.64. The van der Waals surface area contributed by atoms with E-state index in [0.29, 0.717) is 26.2 Å². The van der Waals surface area contributed by atoms with Crippen molar-refractivity contribution in [2.24, 2.45) is 0 Å². The molecule has 1 fully saturated rings. The van der Waals surface area contributed by atoms with Crippen LogP contribution in [0.5, 0.6) is 0 Å². The predicted octanol–water partition coefficient (Wildman–Crippen LogP) is 1.68. The molecule has 112 valence electrons. The van der Waals surface area contributed by atoms with Gasteiger partial charge in [-0.05, 0) is 37.0 Å². The molecule has 2 heterocycles. The topological polar surface area (TPSA) is 53.5 Å². The van der Waals surface area contributed by atoms with Crippen molar-refractivity contribution in [2.45, 2.75) is 32.6 Å². The van der Waals surface area contributed by atoms with E-state index in [1.807, 2.05) is 19.1 Å². The van der Waals surface area contributed by atoms with Crippen molar-refractivity contribution in [3.63, 3.8) is 0 Å². The van der Waals surface area contributed by atoms with Gasteiger partial charge < -0.3 is 0 Å². The van der Waals surface area contributed by atoms with Crippen molar-refractivity contribution in [1.82, 2.24) is 13.6 Å². The maximum Gasteiger partial charge on any atom is 0.281 e. The van der Waals surface area contributed by atoms with E-state index < -0.39 is 10.2 Å². The number of pyridine rings is 1. The molecule has 0 N–H and O–H groups in total. The normalized spacial score (nSPS) is 17.5. The Kier molecular flexibility index (Phi) is 5.51. The number of nitrogens with zero attached hydrogens (tertiary/aromatic N) is 3. The molecular weight excluding hydrogens is 274 g/mol. The number of hydrogen-bond donors (Lipinski definition) is 0. The molecule has 0 saturated carbocycles. The number of likely N-dealkylation sites (N-methyl/N-ethyl adjacent to an activating group) is 1. The Bertz CT molecular complexity index is 498. The zero-order valence-corrected chi connectivity index (χ0v) is 12.8. The van der Waals surface area contributed by atoms with Gasteiger partial charge in [-0.15, -0.1) is 0 Å².